The largest absolute Gasteiger partial charge is 0.471 e. The topological polar surface area (TPSA) is 82.0 Å². The molecule has 0 unspecified atom stereocenters. The quantitative estimate of drug-likeness (QED) is 0.220. The summed E-state index contributed by atoms with van der Waals surface area (Å²) < 4.78 is 81.1. The van der Waals surface area contributed by atoms with Crippen LogP contribution >= 0.6 is 0 Å². The summed E-state index contributed by atoms with van der Waals surface area (Å²) in [6, 6.07) is 11.6. The molecule has 2 N–H and O–H groups in total. The van der Waals surface area contributed by atoms with E-state index in [2.05, 4.69) is 27.0 Å². The number of hydrogen-bond acceptors (Lipinski definition) is 5. The number of alkyl halides is 6. The molecule has 0 aliphatic carbocycles. The molecule has 5 rings (SSSR count). The number of nitrogens with zero attached hydrogens (tertiary/aromatic N) is 4. The van der Waals surface area contributed by atoms with E-state index in [-0.39, 0.29) is 34.8 Å². The van der Waals surface area contributed by atoms with Crippen molar-refractivity contribution in [2.24, 2.45) is 0 Å². The van der Waals surface area contributed by atoms with Crippen molar-refractivity contribution >= 4 is 29.0 Å². The number of aryl methyl sites for hydroxylation is 1. The maximum Gasteiger partial charge on any atom is 0.471 e. The molecule has 0 saturated carbocycles. The number of carbonyl (C=O) groups is 2. The predicted molar refractivity (Wildman–Crippen MR) is 159 cm³/mol. The fraction of sp³-hybridized carbons (Fsp3) is 0.281. The molecule has 1 aliphatic heterocycles. The van der Waals surface area contributed by atoms with E-state index in [1.807, 2.05) is 11.9 Å². The normalized spacial score (nSPS) is 14.5. The summed E-state index contributed by atoms with van der Waals surface area (Å²) >= 11 is 0. The van der Waals surface area contributed by atoms with Gasteiger partial charge in [0.15, 0.2) is 5.82 Å². The predicted octanol–water partition coefficient (Wildman–Crippen LogP) is 5.56. The van der Waals surface area contributed by atoms with Gasteiger partial charge in [-0.1, -0.05) is 24.0 Å². The Morgan fingerprint density at radius 1 is 0.913 bits per heavy atom. The fourth-order valence-corrected chi connectivity index (χ4v) is 4.85. The van der Waals surface area contributed by atoms with Crippen LogP contribution < -0.4 is 10.6 Å². The van der Waals surface area contributed by atoms with Gasteiger partial charge in [0, 0.05) is 61.3 Å². The van der Waals surface area contributed by atoms with E-state index in [9.17, 15) is 35.9 Å². The van der Waals surface area contributed by atoms with Crippen molar-refractivity contribution < 1.29 is 35.9 Å². The second kappa shape index (κ2) is 12.9. The second-order valence-electron chi connectivity index (χ2n) is 10.9. The monoisotopic (exact) mass is 642 g/mol. The van der Waals surface area contributed by atoms with Crippen molar-refractivity contribution in [2.45, 2.75) is 25.8 Å². The number of imidazole rings is 1. The first kappa shape index (κ1) is 32.5. The minimum absolute atomic E-state index is 0.00598. The number of rotatable bonds is 5. The van der Waals surface area contributed by atoms with Crippen molar-refractivity contribution in [2.75, 3.05) is 43.9 Å². The molecule has 46 heavy (non-hydrogen) atoms. The number of carbonyl (C=O) groups excluding carboxylic acids is 2. The summed E-state index contributed by atoms with van der Waals surface area (Å²) in [4.78, 5) is 32.3. The average Bonchev–Trinajstić information content (AvgIpc) is 3.39. The Hall–Kier alpha value is -4.87. The number of benzene rings is 2. The van der Waals surface area contributed by atoms with Crippen molar-refractivity contribution in [3.05, 3.63) is 94.3 Å². The third kappa shape index (κ3) is 7.85. The lowest BCUT2D eigenvalue weighted by Crippen LogP contribution is -2.44. The van der Waals surface area contributed by atoms with E-state index in [0.29, 0.717) is 24.2 Å². The highest BCUT2D eigenvalue weighted by atomic mass is 19.4. The highest BCUT2D eigenvalue weighted by Crippen LogP contribution is 2.35. The molecule has 14 heteroatoms. The van der Waals surface area contributed by atoms with Crippen LogP contribution in [0.5, 0.6) is 0 Å². The van der Waals surface area contributed by atoms with E-state index < -0.39 is 29.7 Å². The smallest absolute Gasteiger partial charge is 0.322 e. The Kier molecular flexibility index (Phi) is 9.09. The van der Waals surface area contributed by atoms with Crippen LogP contribution in [-0.4, -0.2) is 70.4 Å². The zero-order valence-corrected chi connectivity index (χ0v) is 24.7. The maximum atomic E-state index is 14.0. The minimum atomic E-state index is -5.06. The molecule has 0 spiro atoms. The van der Waals surface area contributed by atoms with Gasteiger partial charge in [0.25, 0.3) is 5.91 Å². The van der Waals surface area contributed by atoms with Crippen molar-refractivity contribution in [1.29, 1.82) is 0 Å². The first-order valence-corrected chi connectivity index (χ1v) is 14.1. The standard InChI is InChI=1S/C32H28F6N6O2/c1-20-3-5-23(16-22(20)6-4-21-9-10-44-19-27(40-28(44)15-21)41-30(46)32(36,37)38)29(45)39-25-8-7-24(26(17-25)31(33,34)35)18-43-13-11-42(2)12-14-43/h3,5,7-10,15-17,19H,11-14,18H2,1-2H3,(H,39,45)(H,41,46). The molecule has 1 fully saturated rings. The molecule has 2 aromatic carbocycles. The molecule has 3 heterocycles. The summed E-state index contributed by atoms with van der Waals surface area (Å²) in [6.07, 6.45) is -6.93. The van der Waals surface area contributed by atoms with Crippen LogP contribution in [-0.2, 0) is 17.5 Å². The Balaban J connectivity index is 1.31. The highest BCUT2D eigenvalue weighted by molar-refractivity contribution is 6.04. The number of fused-ring (bicyclic) bond motifs is 1. The lowest BCUT2D eigenvalue weighted by Gasteiger charge is -2.33. The Bertz CT molecular complexity index is 1850. The average molecular weight is 643 g/mol. The zero-order valence-electron chi connectivity index (χ0n) is 24.7. The van der Waals surface area contributed by atoms with Gasteiger partial charge in [-0.05, 0) is 61.5 Å². The number of likely N-dealkylation sites (N-methyl/N-ethyl adjacent to an activating group) is 1. The zero-order chi connectivity index (χ0) is 33.2. The number of amides is 2. The van der Waals surface area contributed by atoms with Crippen LogP contribution in [0.1, 0.15) is 38.2 Å². The Morgan fingerprint density at radius 2 is 1.65 bits per heavy atom. The molecule has 0 bridgehead atoms. The molecule has 4 aromatic rings. The lowest BCUT2D eigenvalue weighted by atomic mass is 10.0. The van der Waals surface area contributed by atoms with Gasteiger partial charge in [0.2, 0.25) is 0 Å². The first-order valence-electron chi connectivity index (χ1n) is 14.1. The van der Waals surface area contributed by atoms with Crippen molar-refractivity contribution in [3.63, 3.8) is 0 Å². The van der Waals surface area contributed by atoms with Crippen LogP contribution in [0.4, 0.5) is 37.8 Å². The molecular weight excluding hydrogens is 614 g/mol. The maximum absolute atomic E-state index is 14.0. The molecule has 0 atom stereocenters. The van der Waals surface area contributed by atoms with E-state index in [1.165, 1.54) is 47.1 Å². The van der Waals surface area contributed by atoms with Crippen LogP contribution in [0, 0.1) is 18.8 Å². The van der Waals surface area contributed by atoms with Crippen LogP contribution in [0.2, 0.25) is 0 Å². The third-order valence-electron chi connectivity index (χ3n) is 7.46. The molecule has 1 saturated heterocycles. The van der Waals surface area contributed by atoms with E-state index in [1.54, 1.807) is 24.4 Å². The van der Waals surface area contributed by atoms with Gasteiger partial charge in [-0.2, -0.15) is 26.3 Å². The molecule has 0 radical (unpaired) electrons. The third-order valence-corrected chi connectivity index (χ3v) is 7.46. The van der Waals surface area contributed by atoms with Crippen LogP contribution in [0.3, 0.4) is 0 Å². The summed E-state index contributed by atoms with van der Waals surface area (Å²) in [6.45, 7) is 4.79. The van der Waals surface area contributed by atoms with Gasteiger partial charge >= 0.3 is 18.3 Å². The molecule has 1 aliphatic rings. The lowest BCUT2D eigenvalue weighted by molar-refractivity contribution is -0.167. The number of aromatic nitrogens is 2. The minimum Gasteiger partial charge on any atom is -0.322 e. The van der Waals surface area contributed by atoms with Gasteiger partial charge in [0.1, 0.15) is 5.65 Å². The van der Waals surface area contributed by atoms with E-state index >= 15 is 0 Å². The molecule has 2 amide bonds. The summed E-state index contributed by atoms with van der Waals surface area (Å²) in [5.74, 6) is 2.82. The van der Waals surface area contributed by atoms with E-state index in [4.69, 9.17) is 0 Å². The molecule has 240 valence electrons. The molecule has 8 nitrogen and oxygen atoms in total. The number of anilines is 2. The van der Waals surface area contributed by atoms with Gasteiger partial charge in [-0.15, -0.1) is 0 Å². The van der Waals surface area contributed by atoms with Crippen LogP contribution in [0.15, 0.2) is 60.9 Å². The number of piperazine rings is 1. The van der Waals surface area contributed by atoms with Crippen molar-refractivity contribution in [1.82, 2.24) is 19.2 Å². The van der Waals surface area contributed by atoms with Gasteiger partial charge in [-0.3, -0.25) is 14.5 Å². The van der Waals surface area contributed by atoms with Crippen LogP contribution in [0.25, 0.3) is 5.65 Å². The summed E-state index contributed by atoms with van der Waals surface area (Å²) in [5.41, 5.74) is 1.43. The first-order chi connectivity index (χ1) is 21.7. The van der Waals surface area contributed by atoms with Crippen molar-refractivity contribution in [3.8, 4) is 11.8 Å². The van der Waals surface area contributed by atoms with Gasteiger partial charge in [-0.25, -0.2) is 4.98 Å². The highest BCUT2D eigenvalue weighted by Gasteiger charge is 2.39. The summed E-state index contributed by atoms with van der Waals surface area (Å²) in [7, 11) is 1.97. The van der Waals surface area contributed by atoms with Gasteiger partial charge < -0.3 is 19.9 Å². The number of nitrogens with one attached hydrogen (secondary N) is 2. The summed E-state index contributed by atoms with van der Waals surface area (Å²) in [5, 5.41) is 4.25. The SMILES string of the molecule is Cc1ccc(C(=O)Nc2ccc(CN3CCN(C)CC3)c(C(F)(F)F)c2)cc1C#Cc1ccn2cc(NC(=O)C(F)(F)F)nc2c1. The number of halogens is 6. The van der Waals surface area contributed by atoms with E-state index in [0.717, 1.165) is 24.7 Å². The number of pyridine rings is 1. The second-order valence-corrected chi connectivity index (χ2v) is 10.9. The van der Waals surface area contributed by atoms with Gasteiger partial charge in [0.05, 0.1) is 11.8 Å². The fourth-order valence-electron chi connectivity index (χ4n) is 4.85. The molecular formula is C32H28F6N6O2. The Labute approximate surface area is 260 Å². The number of hydrogen-bond donors (Lipinski definition) is 2. The Morgan fingerprint density at radius 3 is 2.35 bits per heavy atom. The molecule has 2 aromatic heterocycles.